The molecule has 0 atom stereocenters. The van der Waals surface area contributed by atoms with E-state index >= 15 is 0 Å². The lowest BCUT2D eigenvalue weighted by Crippen LogP contribution is -2.52. The maximum Gasteiger partial charge on any atom is 0.222 e. The molecular formula is C25H28FN3O3. The number of halogens is 1. The van der Waals surface area contributed by atoms with Crippen LogP contribution in [0.2, 0.25) is 0 Å². The third-order valence-electron chi connectivity index (χ3n) is 6.15. The molecule has 1 fully saturated rings. The predicted octanol–water partition coefficient (Wildman–Crippen LogP) is 3.27. The fraction of sp³-hybridized carbons (Fsp3) is 0.360. The topological polar surface area (TPSA) is 76.4 Å². The molecule has 32 heavy (non-hydrogen) atoms. The lowest BCUT2D eigenvalue weighted by Gasteiger charge is -2.41. The van der Waals surface area contributed by atoms with E-state index in [1.54, 1.807) is 28.0 Å². The van der Waals surface area contributed by atoms with Crippen LogP contribution in [0.4, 0.5) is 4.39 Å². The molecular weight excluding hydrogens is 409 g/mol. The first-order chi connectivity index (χ1) is 15.4. The summed E-state index contributed by atoms with van der Waals surface area (Å²) in [7, 11) is 0. The molecule has 6 nitrogen and oxygen atoms in total. The summed E-state index contributed by atoms with van der Waals surface area (Å²) in [6.45, 7) is 1.29. The number of nitrogens with zero attached hydrogens (tertiary/aromatic N) is 3. The van der Waals surface area contributed by atoms with Gasteiger partial charge in [-0.2, -0.15) is 0 Å². The SMILES string of the molecule is O=C(CCc1ccccc1)N1CCC(O)(CN2CN=C(c3ccccc3F)C=C2O)CC1. The largest absolute Gasteiger partial charge is 0.495 e. The van der Waals surface area contributed by atoms with E-state index < -0.39 is 11.4 Å². The van der Waals surface area contributed by atoms with Crippen molar-refractivity contribution in [2.24, 2.45) is 4.99 Å². The van der Waals surface area contributed by atoms with Gasteiger partial charge in [0.15, 0.2) is 5.88 Å². The van der Waals surface area contributed by atoms with Crippen molar-refractivity contribution in [2.75, 3.05) is 26.3 Å². The Labute approximate surface area is 187 Å². The second-order valence-electron chi connectivity index (χ2n) is 8.46. The van der Waals surface area contributed by atoms with E-state index in [9.17, 15) is 19.4 Å². The molecule has 168 valence electrons. The molecule has 0 unspecified atom stereocenters. The number of aryl methyl sites for hydroxylation is 1. The molecule has 2 aromatic carbocycles. The lowest BCUT2D eigenvalue weighted by molar-refractivity contribution is -0.136. The molecule has 1 saturated heterocycles. The van der Waals surface area contributed by atoms with Crippen molar-refractivity contribution < 1.29 is 19.4 Å². The number of aliphatic hydroxyl groups is 2. The first kappa shape index (κ1) is 22.0. The van der Waals surface area contributed by atoms with Gasteiger partial charge >= 0.3 is 0 Å². The Bertz CT molecular complexity index is 1010. The first-order valence-corrected chi connectivity index (χ1v) is 10.9. The van der Waals surface area contributed by atoms with Crippen molar-refractivity contribution in [3.8, 4) is 0 Å². The Morgan fingerprint density at radius 1 is 1.06 bits per heavy atom. The number of rotatable bonds is 6. The number of aliphatic imine (C=N–C) groups is 1. The normalized spacial score (nSPS) is 18.2. The fourth-order valence-corrected chi connectivity index (χ4v) is 4.20. The molecule has 4 rings (SSSR count). The van der Waals surface area contributed by atoms with Crippen molar-refractivity contribution in [3.63, 3.8) is 0 Å². The van der Waals surface area contributed by atoms with Gasteiger partial charge in [0.25, 0.3) is 0 Å². The number of aliphatic hydroxyl groups excluding tert-OH is 1. The molecule has 2 N–H and O–H groups in total. The van der Waals surface area contributed by atoms with Crippen LogP contribution >= 0.6 is 0 Å². The maximum absolute atomic E-state index is 14.0. The minimum atomic E-state index is -1.02. The summed E-state index contributed by atoms with van der Waals surface area (Å²) in [6.07, 6.45) is 3.43. The average Bonchev–Trinajstić information content (AvgIpc) is 2.80. The summed E-state index contributed by atoms with van der Waals surface area (Å²) in [5.41, 5.74) is 0.822. The van der Waals surface area contributed by atoms with Gasteiger partial charge in [0, 0.05) is 31.1 Å². The Kier molecular flexibility index (Phi) is 6.55. The maximum atomic E-state index is 14.0. The van der Waals surface area contributed by atoms with Crippen molar-refractivity contribution in [1.29, 1.82) is 0 Å². The van der Waals surface area contributed by atoms with E-state index in [1.807, 2.05) is 30.3 Å². The number of benzene rings is 2. The van der Waals surface area contributed by atoms with Gasteiger partial charge in [-0.15, -0.1) is 0 Å². The highest BCUT2D eigenvalue weighted by atomic mass is 19.1. The Balaban J connectivity index is 1.29. The minimum Gasteiger partial charge on any atom is -0.495 e. The van der Waals surface area contributed by atoms with Gasteiger partial charge in [0.2, 0.25) is 5.91 Å². The Morgan fingerprint density at radius 3 is 2.44 bits per heavy atom. The third-order valence-corrected chi connectivity index (χ3v) is 6.15. The first-order valence-electron chi connectivity index (χ1n) is 10.9. The van der Waals surface area contributed by atoms with Gasteiger partial charge in [-0.3, -0.25) is 9.79 Å². The van der Waals surface area contributed by atoms with Crippen LogP contribution in [-0.2, 0) is 11.2 Å². The molecule has 2 aliphatic heterocycles. The number of β-amino-alcohol motifs (C(OH)–C–C–N with tert-alkyl or cyclic N) is 1. The molecule has 7 heteroatoms. The number of hydrogen-bond acceptors (Lipinski definition) is 5. The summed E-state index contributed by atoms with van der Waals surface area (Å²) in [4.78, 5) is 20.3. The summed E-state index contributed by atoms with van der Waals surface area (Å²) in [5.74, 6) is -0.351. The van der Waals surface area contributed by atoms with Gasteiger partial charge in [-0.05, 0) is 37.0 Å². The quantitative estimate of drug-likeness (QED) is 0.727. The monoisotopic (exact) mass is 437 g/mol. The summed E-state index contributed by atoms with van der Waals surface area (Å²) >= 11 is 0. The number of carbonyl (C=O) groups excluding carboxylic acids is 1. The van der Waals surface area contributed by atoms with Crippen LogP contribution < -0.4 is 0 Å². The zero-order chi connectivity index (χ0) is 22.6. The van der Waals surface area contributed by atoms with Gasteiger partial charge < -0.3 is 20.0 Å². The van der Waals surface area contributed by atoms with E-state index in [4.69, 9.17) is 0 Å². The molecule has 2 heterocycles. The smallest absolute Gasteiger partial charge is 0.222 e. The molecule has 0 spiro atoms. The van der Waals surface area contributed by atoms with Crippen LogP contribution in [0.25, 0.3) is 0 Å². The molecule has 1 amide bonds. The van der Waals surface area contributed by atoms with Crippen LogP contribution in [0.1, 0.15) is 30.4 Å². The molecule has 0 radical (unpaired) electrons. The highest BCUT2D eigenvalue weighted by Crippen LogP contribution is 2.26. The van der Waals surface area contributed by atoms with Crippen LogP contribution in [0, 0.1) is 5.82 Å². The zero-order valence-corrected chi connectivity index (χ0v) is 18.0. The average molecular weight is 438 g/mol. The van der Waals surface area contributed by atoms with Crippen molar-refractivity contribution >= 4 is 11.6 Å². The van der Waals surface area contributed by atoms with E-state index in [-0.39, 0.29) is 25.0 Å². The van der Waals surface area contributed by atoms with E-state index in [0.29, 0.717) is 50.0 Å². The second-order valence-corrected chi connectivity index (χ2v) is 8.46. The van der Waals surface area contributed by atoms with Crippen LogP contribution in [-0.4, -0.2) is 63.5 Å². The Hall–Kier alpha value is -3.19. The zero-order valence-electron chi connectivity index (χ0n) is 18.0. The predicted molar refractivity (Wildman–Crippen MR) is 121 cm³/mol. The van der Waals surface area contributed by atoms with E-state index in [0.717, 1.165) is 5.56 Å². The molecule has 0 bridgehead atoms. The number of allylic oxidation sites excluding steroid dienone is 1. The highest BCUT2D eigenvalue weighted by molar-refractivity contribution is 6.09. The second kappa shape index (κ2) is 9.53. The van der Waals surface area contributed by atoms with Gasteiger partial charge in [0.1, 0.15) is 12.5 Å². The van der Waals surface area contributed by atoms with E-state index in [1.165, 1.54) is 12.1 Å². The third kappa shape index (κ3) is 5.16. The van der Waals surface area contributed by atoms with Crippen molar-refractivity contribution in [1.82, 2.24) is 9.80 Å². The van der Waals surface area contributed by atoms with Gasteiger partial charge in [-0.1, -0.05) is 42.5 Å². The molecule has 2 aromatic rings. The van der Waals surface area contributed by atoms with E-state index in [2.05, 4.69) is 4.99 Å². The van der Waals surface area contributed by atoms with Crippen molar-refractivity contribution in [2.45, 2.75) is 31.3 Å². The van der Waals surface area contributed by atoms with Crippen LogP contribution in [0.5, 0.6) is 0 Å². The number of piperidine rings is 1. The van der Waals surface area contributed by atoms with Gasteiger partial charge in [-0.25, -0.2) is 4.39 Å². The summed E-state index contributed by atoms with van der Waals surface area (Å²) in [6, 6.07) is 16.2. The number of likely N-dealkylation sites (tertiary alicyclic amines) is 1. The minimum absolute atomic E-state index is 0.0481. The van der Waals surface area contributed by atoms with Crippen LogP contribution in [0.15, 0.2) is 71.5 Å². The summed E-state index contributed by atoms with van der Waals surface area (Å²) < 4.78 is 14.0. The summed E-state index contributed by atoms with van der Waals surface area (Å²) in [5, 5.41) is 21.5. The molecule has 0 aromatic heterocycles. The van der Waals surface area contributed by atoms with Gasteiger partial charge in [0.05, 0.1) is 17.9 Å². The fourth-order valence-electron chi connectivity index (χ4n) is 4.20. The highest BCUT2D eigenvalue weighted by Gasteiger charge is 2.36. The standard InChI is InChI=1S/C25H28FN3O3/c26-21-9-5-4-8-20(21)22-16-24(31)29(18-27-22)17-25(32)12-14-28(15-13-25)23(30)11-10-19-6-2-1-3-7-19/h1-9,16,31-32H,10-15,17-18H2. The lowest BCUT2D eigenvalue weighted by atomic mass is 9.90. The number of amides is 1. The van der Waals surface area contributed by atoms with Crippen molar-refractivity contribution in [3.05, 3.63) is 83.5 Å². The number of carbonyl (C=O) groups is 1. The Morgan fingerprint density at radius 2 is 1.75 bits per heavy atom. The molecule has 2 aliphatic rings. The molecule has 0 aliphatic carbocycles. The number of hydrogen-bond donors (Lipinski definition) is 2. The van der Waals surface area contributed by atoms with Crippen LogP contribution in [0.3, 0.4) is 0 Å². The molecule has 0 saturated carbocycles.